The van der Waals surface area contributed by atoms with Crippen molar-refractivity contribution in [2.45, 2.75) is 57.8 Å². The van der Waals surface area contributed by atoms with E-state index < -0.39 is 10.0 Å². The quantitative estimate of drug-likeness (QED) is 0.622. The second-order valence-corrected chi connectivity index (χ2v) is 10.3. The van der Waals surface area contributed by atoms with Crippen molar-refractivity contribution in [2.75, 3.05) is 25.4 Å². The first kappa shape index (κ1) is 22.0. The largest absolute Gasteiger partial charge is 0.356 e. The lowest BCUT2D eigenvalue weighted by Crippen LogP contribution is -2.46. The fourth-order valence-electron chi connectivity index (χ4n) is 4.26. The van der Waals surface area contributed by atoms with Gasteiger partial charge in [-0.15, -0.1) is 0 Å². The minimum Gasteiger partial charge on any atom is -0.356 e. The average molecular weight is 419 g/mol. The molecule has 29 heavy (non-hydrogen) atoms. The van der Waals surface area contributed by atoms with E-state index in [1.807, 2.05) is 30.3 Å². The molecule has 1 heterocycles. The molecule has 3 rings (SSSR count). The highest BCUT2D eigenvalue weighted by Gasteiger charge is 2.31. The van der Waals surface area contributed by atoms with Crippen molar-refractivity contribution >= 4 is 15.9 Å². The number of benzene rings is 1. The molecule has 0 bridgehead atoms. The minimum atomic E-state index is -3.31. The fraction of sp³-hybridized carbons (Fsp3) is 0.609. The van der Waals surface area contributed by atoms with Gasteiger partial charge in [-0.1, -0.05) is 42.0 Å². The number of nitrogens with zero attached hydrogens (tertiary/aromatic N) is 1. The predicted molar refractivity (Wildman–Crippen MR) is 117 cm³/mol. The van der Waals surface area contributed by atoms with E-state index in [2.05, 4.69) is 11.4 Å². The normalized spacial score (nSPS) is 20.8. The van der Waals surface area contributed by atoms with Crippen LogP contribution in [0.5, 0.6) is 0 Å². The first-order valence-electron chi connectivity index (χ1n) is 11.0. The van der Waals surface area contributed by atoms with Crippen molar-refractivity contribution in [2.24, 2.45) is 5.92 Å². The van der Waals surface area contributed by atoms with Gasteiger partial charge in [-0.2, -0.15) is 0 Å². The summed E-state index contributed by atoms with van der Waals surface area (Å²) in [6.07, 6.45) is 10.9. The Bertz CT molecular complexity index is 790. The Morgan fingerprint density at radius 2 is 1.93 bits per heavy atom. The van der Waals surface area contributed by atoms with Crippen LogP contribution in [0.3, 0.4) is 0 Å². The summed E-state index contributed by atoms with van der Waals surface area (Å²) in [5.41, 5.74) is 2.61. The molecule has 1 aliphatic carbocycles. The lowest BCUT2D eigenvalue weighted by Gasteiger charge is -2.31. The Morgan fingerprint density at radius 3 is 2.69 bits per heavy atom. The van der Waals surface area contributed by atoms with Gasteiger partial charge in [-0.05, 0) is 63.4 Å². The molecule has 160 valence electrons. The Balaban J connectivity index is 1.43. The van der Waals surface area contributed by atoms with Crippen LogP contribution in [0.15, 0.2) is 42.0 Å². The summed E-state index contributed by atoms with van der Waals surface area (Å²) in [6, 6.07) is 9.96. The molecule has 1 saturated heterocycles. The van der Waals surface area contributed by atoms with Crippen molar-refractivity contribution in [3.8, 4) is 0 Å². The van der Waals surface area contributed by atoms with Crippen LogP contribution >= 0.6 is 0 Å². The Hall–Kier alpha value is -1.66. The number of amides is 1. The molecule has 5 nitrogen and oxygen atoms in total. The molecule has 1 aliphatic heterocycles. The van der Waals surface area contributed by atoms with E-state index in [9.17, 15) is 13.2 Å². The number of allylic oxidation sites excluding steroid dienone is 1. The van der Waals surface area contributed by atoms with Gasteiger partial charge in [-0.25, -0.2) is 12.7 Å². The summed E-state index contributed by atoms with van der Waals surface area (Å²) < 4.78 is 27.0. The number of aryl methyl sites for hydroxylation is 1. The zero-order valence-electron chi connectivity index (χ0n) is 17.3. The molecule has 0 radical (unpaired) electrons. The summed E-state index contributed by atoms with van der Waals surface area (Å²) in [5.74, 6) is -0.0803. The van der Waals surface area contributed by atoms with Crippen molar-refractivity contribution in [1.82, 2.24) is 9.62 Å². The van der Waals surface area contributed by atoms with Gasteiger partial charge < -0.3 is 5.32 Å². The summed E-state index contributed by atoms with van der Waals surface area (Å²) in [7, 11) is -3.31. The van der Waals surface area contributed by atoms with E-state index in [-0.39, 0.29) is 17.6 Å². The van der Waals surface area contributed by atoms with Crippen LogP contribution in [0.4, 0.5) is 0 Å². The first-order valence-corrected chi connectivity index (χ1v) is 12.6. The number of nitrogens with one attached hydrogen (secondary N) is 1. The third kappa shape index (κ3) is 6.96. The molecule has 6 heteroatoms. The highest BCUT2D eigenvalue weighted by Crippen LogP contribution is 2.22. The number of hydrogen-bond donors (Lipinski definition) is 1. The molecular formula is C23H34N2O3S. The van der Waals surface area contributed by atoms with Gasteiger partial charge in [0.05, 0.1) is 11.7 Å². The summed E-state index contributed by atoms with van der Waals surface area (Å²) in [5, 5.41) is 3.04. The van der Waals surface area contributed by atoms with E-state index >= 15 is 0 Å². The Labute approximate surface area is 175 Å². The van der Waals surface area contributed by atoms with E-state index in [0.717, 1.165) is 44.1 Å². The van der Waals surface area contributed by atoms with Crippen molar-refractivity contribution in [3.63, 3.8) is 0 Å². The monoisotopic (exact) mass is 418 g/mol. The lowest BCUT2D eigenvalue weighted by atomic mass is 9.96. The summed E-state index contributed by atoms with van der Waals surface area (Å²) >= 11 is 0. The predicted octanol–water partition coefficient (Wildman–Crippen LogP) is 3.67. The lowest BCUT2D eigenvalue weighted by molar-refractivity contribution is -0.126. The number of carbonyl (C=O) groups excluding carboxylic acids is 1. The van der Waals surface area contributed by atoms with E-state index in [1.54, 1.807) is 0 Å². The number of sulfonamides is 1. The molecule has 1 atom stereocenters. The van der Waals surface area contributed by atoms with Crippen LogP contribution in [-0.4, -0.2) is 44.0 Å². The molecule has 0 aromatic heterocycles. The van der Waals surface area contributed by atoms with Crippen molar-refractivity contribution < 1.29 is 13.2 Å². The highest BCUT2D eigenvalue weighted by molar-refractivity contribution is 7.89. The topological polar surface area (TPSA) is 66.5 Å². The van der Waals surface area contributed by atoms with Crippen LogP contribution in [0.2, 0.25) is 0 Å². The van der Waals surface area contributed by atoms with Gasteiger partial charge in [0.25, 0.3) is 0 Å². The third-order valence-corrected chi connectivity index (χ3v) is 7.91. The summed E-state index contributed by atoms with van der Waals surface area (Å²) in [6.45, 7) is 1.51. The molecule has 0 saturated carbocycles. The Morgan fingerprint density at radius 1 is 1.10 bits per heavy atom. The molecular weight excluding hydrogens is 384 g/mol. The van der Waals surface area contributed by atoms with Crippen LogP contribution in [0.1, 0.15) is 56.9 Å². The van der Waals surface area contributed by atoms with Crippen molar-refractivity contribution in [1.29, 1.82) is 0 Å². The molecule has 0 spiro atoms. The number of rotatable bonds is 9. The fourth-order valence-corrected chi connectivity index (χ4v) is 5.85. The van der Waals surface area contributed by atoms with Crippen LogP contribution in [-0.2, 0) is 21.2 Å². The van der Waals surface area contributed by atoms with Gasteiger partial charge in [0, 0.05) is 19.6 Å². The molecule has 1 aromatic rings. The molecule has 1 N–H and O–H groups in total. The number of carbonyl (C=O) groups is 1. The average Bonchev–Trinajstić information content (AvgIpc) is 2.75. The second kappa shape index (κ2) is 10.9. The first-order chi connectivity index (χ1) is 14.0. The summed E-state index contributed by atoms with van der Waals surface area (Å²) in [4.78, 5) is 12.6. The number of piperidine rings is 1. The molecule has 2 aliphatic rings. The molecule has 1 amide bonds. The number of hydrogen-bond acceptors (Lipinski definition) is 3. The zero-order chi connectivity index (χ0) is 20.5. The Kier molecular flexibility index (Phi) is 8.30. The van der Waals surface area contributed by atoms with Crippen LogP contribution in [0.25, 0.3) is 0 Å². The molecule has 0 unspecified atom stereocenters. The second-order valence-electron chi connectivity index (χ2n) is 8.25. The molecule has 1 fully saturated rings. The maximum absolute atomic E-state index is 12.8. The van der Waals surface area contributed by atoms with Gasteiger partial charge in [0.15, 0.2) is 0 Å². The standard InChI is InChI=1S/C23H34N2O3S/c26-23(24-16-15-21-11-5-2-6-12-21)22-14-7-17-25(19-22)29(27,28)18-8-13-20-9-3-1-4-10-20/h1,3-4,9-11,22H,2,5-8,12-19H2,(H,24,26)/t22-/m0/s1. The van der Waals surface area contributed by atoms with E-state index in [1.165, 1.54) is 22.7 Å². The van der Waals surface area contributed by atoms with Gasteiger partial charge in [0.1, 0.15) is 0 Å². The van der Waals surface area contributed by atoms with Crippen LogP contribution < -0.4 is 5.32 Å². The smallest absolute Gasteiger partial charge is 0.224 e. The van der Waals surface area contributed by atoms with Crippen molar-refractivity contribution in [3.05, 3.63) is 47.5 Å². The van der Waals surface area contributed by atoms with Gasteiger partial charge in [-0.3, -0.25) is 4.79 Å². The minimum absolute atomic E-state index is 0.00518. The third-order valence-electron chi connectivity index (χ3n) is 5.99. The highest BCUT2D eigenvalue weighted by atomic mass is 32.2. The van der Waals surface area contributed by atoms with Gasteiger partial charge in [0.2, 0.25) is 15.9 Å². The SMILES string of the molecule is O=C(NCCC1=CCCCC1)[C@H]1CCCN(S(=O)(=O)CCCc2ccccc2)C1. The molecule has 1 aromatic carbocycles. The maximum atomic E-state index is 12.8. The zero-order valence-corrected chi connectivity index (χ0v) is 18.1. The van der Waals surface area contributed by atoms with Gasteiger partial charge >= 0.3 is 0 Å². The maximum Gasteiger partial charge on any atom is 0.224 e. The van der Waals surface area contributed by atoms with E-state index in [4.69, 9.17) is 0 Å². The van der Waals surface area contributed by atoms with Crippen LogP contribution in [0, 0.1) is 5.92 Å². The van der Waals surface area contributed by atoms with E-state index in [0.29, 0.717) is 26.1 Å².